The van der Waals surface area contributed by atoms with E-state index in [4.69, 9.17) is 0 Å². The first-order valence-electron chi connectivity index (χ1n) is 8.76. The van der Waals surface area contributed by atoms with Crippen LogP contribution in [0, 0.1) is 20.8 Å². The number of hydrogen-bond donors (Lipinski definition) is 0. The van der Waals surface area contributed by atoms with Gasteiger partial charge in [-0.05, 0) is 51.2 Å². The fraction of sp³-hybridized carbons (Fsp3) is 0.455. The molecule has 0 heteroatoms. The van der Waals surface area contributed by atoms with Gasteiger partial charge >= 0.3 is 0 Å². The largest absolute Gasteiger partial charge is 0.0683 e. The van der Waals surface area contributed by atoms with Crippen LogP contribution in [0.3, 0.4) is 0 Å². The zero-order valence-electron chi connectivity index (χ0n) is 15.7. The number of hydrogen-bond acceptors (Lipinski definition) is 0. The van der Waals surface area contributed by atoms with Crippen LogP contribution in [0.25, 0.3) is 0 Å². The molecule has 0 N–H and O–H groups in total. The maximum Gasteiger partial charge on any atom is -0.0276 e. The van der Waals surface area contributed by atoms with Gasteiger partial charge in [0.05, 0.1) is 0 Å². The van der Waals surface area contributed by atoms with E-state index in [1.54, 1.807) is 0 Å². The first-order valence-corrected chi connectivity index (χ1v) is 8.76. The molecule has 2 rings (SSSR count). The van der Waals surface area contributed by atoms with Gasteiger partial charge in [-0.2, -0.15) is 0 Å². The SMILES string of the molecule is CC.CC.Cc1ccc(CCCc2cc(C)cc(C)c2)cc1. The van der Waals surface area contributed by atoms with Gasteiger partial charge in [0.15, 0.2) is 0 Å². The van der Waals surface area contributed by atoms with E-state index >= 15 is 0 Å². The molecule has 122 valence electrons. The molecule has 22 heavy (non-hydrogen) atoms. The van der Waals surface area contributed by atoms with E-state index in [-0.39, 0.29) is 0 Å². The lowest BCUT2D eigenvalue weighted by molar-refractivity contribution is 0.819. The highest BCUT2D eigenvalue weighted by atomic mass is 14.0. The summed E-state index contributed by atoms with van der Waals surface area (Å²) >= 11 is 0. The summed E-state index contributed by atoms with van der Waals surface area (Å²) in [5, 5.41) is 0. The summed E-state index contributed by atoms with van der Waals surface area (Å²) < 4.78 is 0. The van der Waals surface area contributed by atoms with Crippen molar-refractivity contribution in [2.75, 3.05) is 0 Å². The monoisotopic (exact) mass is 298 g/mol. The van der Waals surface area contributed by atoms with Crippen molar-refractivity contribution >= 4 is 0 Å². The molecule has 0 unspecified atom stereocenters. The molecule has 0 amide bonds. The summed E-state index contributed by atoms with van der Waals surface area (Å²) in [6.45, 7) is 14.5. The summed E-state index contributed by atoms with van der Waals surface area (Å²) in [6, 6.07) is 15.7. The van der Waals surface area contributed by atoms with Crippen LogP contribution in [0.5, 0.6) is 0 Å². The first kappa shape index (κ1) is 20.4. The van der Waals surface area contributed by atoms with Gasteiger partial charge in [-0.25, -0.2) is 0 Å². The summed E-state index contributed by atoms with van der Waals surface area (Å²) in [7, 11) is 0. The third kappa shape index (κ3) is 8.02. The van der Waals surface area contributed by atoms with E-state index in [1.165, 1.54) is 47.1 Å². The van der Waals surface area contributed by atoms with Crippen molar-refractivity contribution in [3.05, 3.63) is 70.3 Å². The maximum atomic E-state index is 2.31. The van der Waals surface area contributed by atoms with Crippen LogP contribution in [0.15, 0.2) is 42.5 Å². The predicted molar refractivity (Wildman–Crippen MR) is 102 cm³/mol. The second kappa shape index (κ2) is 12.0. The topological polar surface area (TPSA) is 0 Å². The standard InChI is InChI=1S/C18H22.2C2H6/c1-14-7-9-17(10-8-14)5-4-6-18-12-15(2)11-16(3)13-18;2*1-2/h7-13H,4-6H2,1-3H3;2*1-2H3. The lowest BCUT2D eigenvalue weighted by Gasteiger charge is -2.05. The molecule has 0 nitrogen and oxygen atoms in total. The summed E-state index contributed by atoms with van der Waals surface area (Å²) in [5.74, 6) is 0. The molecule has 0 aliphatic rings. The molecule has 0 saturated carbocycles. The second-order valence-electron chi connectivity index (χ2n) is 5.34. The third-order valence-electron chi connectivity index (χ3n) is 3.33. The van der Waals surface area contributed by atoms with Crippen molar-refractivity contribution < 1.29 is 0 Å². The average Bonchev–Trinajstić information content (AvgIpc) is 2.52. The van der Waals surface area contributed by atoms with Gasteiger partial charge < -0.3 is 0 Å². The van der Waals surface area contributed by atoms with Crippen LogP contribution >= 0.6 is 0 Å². The van der Waals surface area contributed by atoms with Gasteiger partial charge in [0, 0.05) is 0 Å². The van der Waals surface area contributed by atoms with Crippen molar-refractivity contribution in [3.63, 3.8) is 0 Å². The minimum absolute atomic E-state index is 1.17. The maximum absolute atomic E-state index is 2.31. The first-order chi connectivity index (χ1) is 10.6. The molecule has 0 saturated heterocycles. The zero-order chi connectivity index (χ0) is 17.0. The quantitative estimate of drug-likeness (QED) is 0.579. The van der Waals surface area contributed by atoms with Gasteiger partial charge in [-0.1, -0.05) is 86.8 Å². The molecule has 0 radical (unpaired) electrons. The Kier molecular flexibility index (Phi) is 11.2. The number of benzene rings is 2. The molecular formula is C22H34. The van der Waals surface area contributed by atoms with E-state index in [2.05, 4.69) is 63.2 Å². The van der Waals surface area contributed by atoms with Crippen LogP contribution in [0.4, 0.5) is 0 Å². The third-order valence-corrected chi connectivity index (χ3v) is 3.33. The van der Waals surface area contributed by atoms with E-state index in [0.29, 0.717) is 0 Å². The average molecular weight is 299 g/mol. The minimum atomic E-state index is 1.17. The van der Waals surface area contributed by atoms with E-state index < -0.39 is 0 Å². The molecule has 2 aromatic rings. The smallest absolute Gasteiger partial charge is 0.0276 e. The molecular weight excluding hydrogens is 264 g/mol. The molecule has 0 aromatic heterocycles. The minimum Gasteiger partial charge on any atom is -0.0683 e. The molecule has 0 spiro atoms. The highest BCUT2D eigenvalue weighted by molar-refractivity contribution is 5.29. The Bertz CT molecular complexity index is 486. The van der Waals surface area contributed by atoms with Crippen molar-refractivity contribution in [1.82, 2.24) is 0 Å². The molecule has 0 aliphatic carbocycles. The zero-order valence-corrected chi connectivity index (χ0v) is 15.7. The Morgan fingerprint density at radius 3 is 1.50 bits per heavy atom. The van der Waals surface area contributed by atoms with Gasteiger partial charge in [0.25, 0.3) is 0 Å². The van der Waals surface area contributed by atoms with E-state index in [0.717, 1.165) is 0 Å². The van der Waals surface area contributed by atoms with Gasteiger partial charge in [-0.15, -0.1) is 0 Å². The predicted octanol–water partition coefficient (Wildman–Crippen LogP) is 6.84. The van der Waals surface area contributed by atoms with E-state index in [9.17, 15) is 0 Å². The molecule has 0 heterocycles. The summed E-state index contributed by atoms with van der Waals surface area (Å²) in [6.07, 6.45) is 3.58. The molecule has 0 atom stereocenters. The Hall–Kier alpha value is -1.56. The van der Waals surface area contributed by atoms with Gasteiger partial charge in [-0.3, -0.25) is 0 Å². The molecule has 0 fully saturated rings. The Morgan fingerprint density at radius 1 is 0.545 bits per heavy atom. The van der Waals surface area contributed by atoms with Crippen LogP contribution in [0.1, 0.15) is 61.9 Å². The lowest BCUT2D eigenvalue weighted by atomic mass is 10.0. The van der Waals surface area contributed by atoms with Gasteiger partial charge in [0.1, 0.15) is 0 Å². The summed E-state index contributed by atoms with van der Waals surface area (Å²) in [4.78, 5) is 0. The molecule has 2 aromatic carbocycles. The van der Waals surface area contributed by atoms with Crippen LogP contribution in [-0.2, 0) is 12.8 Å². The Labute approximate surface area is 138 Å². The Morgan fingerprint density at radius 2 is 1.00 bits per heavy atom. The van der Waals surface area contributed by atoms with Crippen molar-refractivity contribution in [2.45, 2.75) is 67.7 Å². The van der Waals surface area contributed by atoms with Crippen LogP contribution in [0.2, 0.25) is 0 Å². The highest BCUT2D eigenvalue weighted by Gasteiger charge is 1.98. The fourth-order valence-electron chi connectivity index (χ4n) is 2.46. The molecule has 0 aliphatic heterocycles. The normalized spacial score (nSPS) is 9.23. The number of aryl methyl sites for hydroxylation is 5. The highest BCUT2D eigenvalue weighted by Crippen LogP contribution is 2.13. The fourth-order valence-corrected chi connectivity index (χ4v) is 2.46. The second-order valence-corrected chi connectivity index (χ2v) is 5.34. The van der Waals surface area contributed by atoms with Crippen LogP contribution in [-0.4, -0.2) is 0 Å². The summed E-state index contributed by atoms with van der Waals surface area (Å²) in [5.41, 5.74) is 7.01. The van der Waals surface area contributed by atoms with Crippen molar-refractivity contribution in [1.29, 1.82) is 0 Å². The van der Waals surface area contributed by atoms with E-state index in [1.807, 2.05) is 27.7 Å². The van der Waals surface area contributed by atoms with Crippen molar-refractivity contribution in [3.8, 4) is 0 Å². The van der Waals surface area contributed by atoms with Crippen molar-refractivity contribution in [2.24, 2.45) is 0 Å². The number of rotatable bonds is 4. The molecule has 0 bridgehead atoms. The van der Waals surface area contributed by atoms with Crippen LogP contribution < -0.4 is 0 Å². The van der Waals surface area contributed by atoms with Gasteiger partial charge in [0.2, 0.25) is 0 Å². The lowest BCUT2D eigenvalue weighted by Crippen LogP contribution is -1.92. The Balaban J connectivity index is 0.00000102.